The van der Waals surface area contributed by atoms with Crippen LogP contribution in [-0.4, -0.2) is 16.7 Å². The van der Waals surface area contributed by atoms with Crippen molar-refractivity contribution < 1.29 is 8.83 Å². The first kappa shape index (κ1) is 12.8. The molecule has 2 aromatic rings. The maximum Gasteiger partial charge on any atom is 0.251 e. The molecule has 0 bridgehead atoms. The van der Waals surface area contributed by atoms with Crippen LogP contribution in [-0.2, 0) is 6.54 Å². The Hall–Kier alpha value is -1.62. The predicted molar refractivity (Wildman–Crippen MR) is 68.2 cm³/mol. The fourth-order valence-electron chi connectivity index (χ4n) is 1.91. The fourth-order valence-corrected chi connectivity index (χ4v) is 1.91. The molecule has 5 nitrogen and oxygen atoms in total. The van der Waals surface area contributed by atoms with E-state index in [2.05, 4.69) is 22.4 Å². The molecule has 0 saturated heterocycles. The second-order valence-electron chi connectivity index (χ2n) is 4.39. The van der Waals surface area contributed by atoms with Gasteiger partial charge in [-0.05, 0) is 33.7 Å². The Balaban J connectivity index is 2.19. The van der Waals surface area contributed by atoms with Gasteiger partial charge in [-0.3, -0.25) is 0 Å². The zero-order chi connectivity index (χ0) is 13.1. The maximum atomic E-state index is 5.65. The Labute approximate surface area is 107 Å². The first-order valence-electron chi connectivity index (χ1n) is 6.23. The lowest BCUT2D eigenvalue weighted by Crippen LogP contribution is -2.13. The van der Waals surface area contributed by atoms with Gasteiger partial charge in [0.2, 0.25) is 5.89 Å². The van der Waals surface area contributed by atoms with Crippen molar-refractivity contribution in [3.05, 3.63) is 23.0 Å². The Kier molecular flexibility index (Phi) is 3.81. The van der Waals surface area contributed by atoms with Crippen LogP contribution in [0, 0.1) is 20.8 Å². The van der Waals surface area contributed by atoms with Crippen LogP contribution in [0.15, 0.2) is 8.83 Å². The third-order valence-electron chi connectivity index (χ3n) is 2.95. The highest BCUT2D eigenvalue weighted by molar-refractivity contribution is 5.61. The van der Waals surface area contributed by atoms with E-state index in [0.29, 0.717) is 18.3 Å². The first-order chi connectivity index (χ1) is 8.63. The van der Waals surface area contributed by atoms with Crippen molar-refractivity contribution in [2.24, 2.45) is 0 Å². The number of aromatic nitrogens is 2. The van der Waals surface area contributed by atoms with Gasteiger partial charge in [-0.1, -0.05) is 6.92 Å². The molecule has 1 N–H and O–H groups in total. The van der Waals surface area contributed by atoms with Crippen LogP contribution in [0.4, 0.5) is 0 Å². The van der Waals surface area contributed by atoms with Gasteiger partial charge in [-0.2, -0.15) is 0 Å². The molecule has 0 aliphatic rings. The zero-order valence-electron chi connectivity index (χ0n) is 11.3. The largest absolute Gasteiger partial charge is 0.466 e. The summed E-state index contributed by atoms with van der Waals surface area (Å²) in [6, 6.07) is 0. The molecule has 0 aromatic carbocycles. The van der Waals surface area contributed by atoms with Crippen LogP contribution >= 0.6 is 0 Å². The Morgan fingerprint density at radius 1 is 1.06 bits per heavy atom. The summed E-state index contributed by atoms with van der Waals surface area (Å²) in [5, 5.41) is 11.3. The number of nitrogens with one attached hydrogen (secondary N) is 1. The highest BCUT2D eigenvalue weighted by Gasteiger charge is 2.18. The van der Waals surface area contributed by atoms with Crippen LogP contribution in [0.25, 0.3) is 11.5 Å². The van der Waals surface area contributed by atoms with Gasteiger partial charge >= 0.3 is 0 Å². The van der Waals surface area contributed by atoms with E-state index >= 15 is 0 Å². The lowest BCUT2D eigenvalue weighted by molar-refractivity contribution is 0.474. The number of aryl methyl sites for hydroxylation is 2. The molecule has 0 amide bonds. The zero-order valence-corrected chi connectivity index (χ0v) is 11.3. The molecule has 0 aliphatic carbocycles. The Morgan fingerprint density at radius 2 is 1.83 bits per heavy atom. The molecular formula is C13H19N3O2. The lowest BCUT2D eigenvalue weighted by atomic mass is 10.1. The summed E-state index contributed by atoms with van der Waals surface area (Å²) in [5.41, 5.74) is 1.98. The fraction of sp³-hybridized carbons (Fsp3) is 0.538. The van der Waals surface area contributed by atoms with E-state index in [4.69, 9.17) is 8.83 Å². The molecule has 0 fully saturated rings. The summed E-state index contributed by atoms with van der Waals surface area (Å²) in [6.07, 6.45) is 1.08. The minimum Gasteiger partial charge on any atom is -0.466 e. The normalized spacial score (nSPS) is 11.1. The van der Waals surface area contributed by atoms with E-state index < -0.39 is 0 Å². The van der Waals surface area contributed by atoms with Crippen molar-refractivity contribution in [3.63, 3.8) is 0 Å². The third kappa shape index (κ3) is 2.46. The van der Waals surface area contributed by atoms with Crippen LogP contribution in [0.5, 0.6) is 0 Å². The van der Waals surface area contributed by atoms with Gasteiger partial charge < -0.3 is 14.2 Å². The van der Waals surface area contributed by atoms with E-state index in [1.54, 1.807) is 0 Å². The van der Waals surface area contributed by atoms with Gasteiger partial charge in [0.25, 0.3) is 5.89 Å². The van der Waals surface area contributed by atoms with Gasteiger partial charge in [0, 0.05) is 5.56 Å². The summed E-state index contributed by atoms with van der Waals surface area (Å²) in [5.74, 6) is 2.86. The van der Waals surface area contributed by atoms with E-state index in [-0.39, 0.29) is 0 Å². The number of hydrogen-bond acceptors (Lipinski definition) is 5. The molecule has 0 aliphatic heterocycles. The predicted octanol–water partition coefficient (Wildman–Crippen LogP) is 2.75. The molecular weight excluding hydrogens is 230 g/mol. The third-order valence-corrected chi connectivity index (χ3v) is 2.95. The number of furan rings is 1. The second-order valence-corrected chi connectivity index (χ2v) is 4.39. The Morgan fingerprint density at radius 3 is 2.44 bits per heavy atom. The highest BCUT2D eigenvalue weighted by Crippen LogP contribution is 2.30. The monoisotopic (exact) mass is 249 g/mol. The summed E-state index contributed by atoms with van der Waals surface area (Å²) < 4.78 is 11.2. The minimum absolute atomic E-state index is 0.537. The van der Waals surface area contributed by atoms with Gasteiger partial charge in [0.05, 0.1) is 12.1 Å². The van der Waals surface area contributed by atoms with Gasteiger partial charge in [0.15, 0.2) is 0 Å². The average molecular weight is 249 g/mol. The lowest BCUT2D eigenvalue weighted by Gasteiger charge is -1.97. The average Bonchev–Trinajstić information content (AvgIpc) is 2.86. The van der Waals surface area contributed by atoms with Crippen molar-refractivity contribution in [2.45, 2.75) is 40.7 Å². The summed E-state index contributed by atoms with van der Waals surface area (Å²) in [4.78, 5) is 0. The molecule has 0 unspecified atom stereocenters. The molecule has 2 aromatic heterocycles. The van der Waals surface area contributed by atoms with Crippen molar-refractivity contribution >= 4 is 0 Å². The molecule has 0 spiro atoms. The standard InChI is InChI=1S/C13H19N3O2/c1-5-6-14-7-11-15-16-13(18-11)12-8(2)9(3)17-10(12)4/h14H,5-7H2,1-4H3. The van der Waals surface area contributed by atoms with Crippen molar-refractivity contribution in [2.75, 3.05) is 6.54 Å². The van der Waals surface area contributed by atoms with Crippen molar-refractivity contribution in [3.8, 4) is 11.5 Å². The van der Waals surface area contributed by atoms with E-state index in [9.17, 15) is 0 Å². The van der Waals surface area contributed by atoms with Crippen LogP contribution in [0.1, 0.15) is 36.3 Å². The van der Waals surface area contributed by atoms with Crippen LogP contribution in [0.2, 0.25) is 0 Å². The summed E-state index contributed by atoms with van der Waals surface area (Å²) in [7, 11) is 0. The van der Waals surface area contributed by atoms with E-state index in [0.717, 1.165) is 35.6 Å². The molecule has 5 heteroatoms. The molecule has 0 atom stereocenters. The van der Waals surface area contributed by atoms with Crippen LogP contribution in [0.3, 0.4) is 0 Å². The molecule has 2 rings (SSSR count). The molecule has 18 heavy (non-hydrogen) atoms. The van der Waals surface area contributed by atoms with Gasteiger partial charge in [0.1, 0.15) is 11.5 Å². The van der Waals surface area contributed by atoms with Gasteiger partial charge in [-0.25, -0.2) is 0 Å². The van der Waals surface area contributed by atoms with Crippen LogP contribution < -0.4 is 5.32 Å². The van der Waals surface area contributed by atoms with Crippen molar-refractivity contribution in [1.29, 1.82) is 0 Å². The summed E-state index contributed by atoms with van der Waals surface area (Å²) >= 11 is 0. The van der Waals surface area contributed by atoms with E-state index in [1.165, 1.54) is 0 Å². The molecule has 2 heterocycles. The molecule has 0 saturated carbocycles. The second kappa shape index (κ2) is 5.35. The number of hydrogen-bond donors (Lipinski definition) is 1. The van der Waals surface area contributed by atoms with E-state index in [1.807, 2.05) is 20.8 Å². The smallest absolute Gasteiger partial charge is 0.251 e. The van der Waals surface area contributed by atoms with Gasteiger partial charge in [-0.15, -0.1) is 10.2 Å². The molecule has 98 valence electrons. The maximum absolute atomic E-state index is 5.65. The first-order valence-corrected chi connectivity index (χ1v) is 6.23. The SMILES string of the molecule is CCCNCc1nnc(-c2c(C)oc(C)c2C)o1. The highest BCUT2D eigenvalue weighted by atomic mass is 16.4. The number of rotatable bonds is 5. The minimum atomic E-state index is 0.537. The topological polar surface area (TPSA) is 64.1 Å². The molecule has 0 radical (unpaired) electrons. The number of nitrogens with zero attached hydrogens (tertiary/aromatic N) is 2. The summed E-state index contributed by atoms with van der Waals surface area (Å²) in [6.45, 7) is 9.52. The van der Waals surface area contributed by atoms with Crippen molar-refractivity contribution in [1.82, 2.24) is 15.5 Å². The Bertz CT molecular complexity index is 528. The quantitative estimate of drug-likeness (QED) is 0.825.